The minimum absolute atomic E-state index is 0.147. The lowest BCUT2D eigenvalue weighted by atomic mass is 9.99. The number of carbonyl (C=O) groups excluding carboxylic acids is 2. The molecule has 21 heavy (non-hydrogen) atoms. The Labute approximate surface area is 120 Å². The number of urea groups is 1. The Morgan fingerprint density at radius 3 is 2.90 bits per heavy atom. The summed E-state index contributed by atoms with van der Waals surface area (Å²) in [6.07, 6.45) is 3.02. The molecule has 3 heterocycles. The van der Waals surface area contributed by atoms with Gasteiger partial charge in [-0.1, -0.05) is 17.3 Å². The zero-order valence-corrected chi connectivity index (χ0v) is 11.2. The molecule has 6 heteroatoms. The van der Waals surface area contributed by atoms with Crippen LogP contribution in [0.25, 0.3) is 11.0 Å². The molecule has 2 aromatic rings. The average molecular weight is 283 g/mol. The number of nitrogens with zero attached hydrogens (tertiary/aromatic N) is 3. The van der Waals surface area contributed by atoms with E-state index >= 15 is 0 Å². The number of rotatable bonds is 1. The average Bonchev–Trinajstić information content (AvgIpc) is 3.23. The fraction of sp³-hybridized carbons (Fsp3) is 0.400. The monoisotopic (exact) mass is 283 g/mol. The molecule has 3 fully saturated rings. The van der Waals surface area contributed by atoms with Gasteiger partial charge in [-0.05, 0) is 37.3 Å². The molecule has 1 aromatic carbocycles. The quantitative estimate of drug-likeness (QED) is 0.752. The first-order valence-electron chi connectivity index (χ1n) is 7.26. The van der Waals surface area contributed by atoms with Crippen LogP contribution in [0.3, 0.4) is 0 Å². The second kappa shape index (κ2) is 3.63. The molecular formula is C15H13N3O3. The maximum atomic E-state index is 12.7. The summed E-state index contributed by atoms with van der Waals surface area (Å²) < 4.78 is 5.23. The summed E-state index contributed by atoms with van der Waals surface area (Å²) in [5.41, 5.74) is 0.586. The van der Waals surface area contributed by atoms with Gasteiger partial charge in [0.15, 0.2) is 11.4 Å². The van der Waals surface area contributed by atoms with E-state index in [1.165, 1.54) is 4.90 Å². The molecule has 106 valence electrons. The number of aromatic nitrogens is 1. The van der Waals surface area contributed by atoms with Crippen molar-refractivity contribution >= 4 is 28.7 Å². The molecule has 2 aliphatic heterocycles. The molecule has 1 aliphatic carbocycles. The maximum absolute atomic E-state index is 12.7. The van der Waals surface area contributed by atoms with E-state index in [9.17, 15) is 9.59 Å². The van der Waals surface area contributed by atoms with Crippen molar-refractivity contribution in [3.05, 3.63) is 24.3 Å². The van der Waals surface area contributed by atoms with Crippen molar-refractivity contribution in [3.8, 4) is 0 Å². The molecule has 1 saturated carbocycles. The van der Waals surface area contributed by atoms with Crippen LogP contribution in [0.5, 0.6) is 0 Å². The van der Waals surface area contributed by atoms with Crippen molar-refractivity contribution in [3.63, 3.8) is 0 Å². The lowest BCUT2D eigenvalue weighted by molar-refractivity contribution is -0.120. The minimum atomic E-state index is -0.285. The molecule has 2 saturated heterocycles. The summed E-state index contributed by atoms with van der Waals surface area (Å²) in [4.78, 5) is 28.4. The number of carbonyl (C=O) groups is 2. The zero-order valence-electron chi connectivity index (χ0n) is 11.2. The predicted molar refractivity (Wildman–Crippen MR) is 73.6 cm³/mol. The van der Waals surface area contributed by atoms with Gasteiger partial charge in [-0.25, -0.2) is 9.69 Å². The molecule has 1 aromatic heterocycles. The molecule has 5 rings (SSSR count). The van der Waals surface area contributed by atoms with Gasteiger partial charge in [-0.15, -0.1) is 0 Å². The molecule has 0 spiro atoms. The van der Waals surface area contributed by atoms with Gasteiger partial charge in [0.25, 0.3) is 5.91 Å². The summed E-state index contributed by atoms with van der Waals surface area (Å²) in [5, 5.41) is 4.66. The largest absolute Gasteiger partial charge is 0.354 e. The first kappa shape index (κ1) is 11.3. The number of anilines is 1. The number of hydrogen-bond acceptors (Lipinski definition) is 4. The smallest absolute Gasteiger partial charge is 0.333 e. The molecular weight excluding hydrogens is 270 g/mol. The molecule has 0 unspecified atom stereocenters. The second-order valence-electron chi connectivity index (χ2n) is 6.04. The predicted octanol–water partition coefficient (Wildman–Crippen LogP) is 2.15. The number of imide groups is 1. The fourth-order valence-electron chi connectivity index (χ4n) is 4.15. The Kier molecular flexibility index (Phi) is 1.96. The standard InChI is InChI=1S/C15H13N3O3/c19-14-12-8-5-6-9(7-8)17(12)15(20)18(14)13-10-3-1-2-4-11(10)21-16-13/h1-4,8-9,12H,5-7H2/t8-,9+,12+/m1/s1. The van der Waals surface area contributed by atoms with E-state index in [1.54, 1.807) is 11.0 Å². The van der Waals surface area contributed by atoms with Crippen molar-refractivity contribution in [2.24, 2.45) is 5.92 Å². The van der Waals surface area contributed by atoms with Crippen LogP contribution in [0.1, 0.15) is 19.3 Å². The third kappa shape index (κ3) is 1.25. The highest BCUT2D eigenvalue weighted by atomic mass is 16.5. The summed E-state index contributed by atoms with van der Waals surface area (Å²) in [7, 11) is 0. The molecule has 3 aliphatic rings. The summed E-state index contributed by atoms with van der Waals surface area (Å²) in [6, 6.07) is 6.98. The number of fused-ring (bicyclic) bond motifs is 6. The van der Waals surface area contributed by atoms with Crippen LogP contribution in [-0.2, 0) is 4.79 Å². The van der Waals surface area contributed by atoms with Crippen LogP contribution in [0.4, 0.5) is 10.6 Å². The number of piperidine rings is 1. The third-order valence-electron chi connectivity index (χ3n) is 5.04. The number of benzene rings is 1. The molecule has 0 radical (unpaired) electrons. The summed E-state index contributed by atoms with van der Waals surface area (Å²) in [5.74, 6) is 0.496. The SMILES string of the molecule is O=C1[C@@H]2[C@@H]3CC[C@@H](C3)N2C(=O)N1c1noc2ccccc12. The molecule has 0 N–H and O–H groups in total. The minimum Gasteiger partial charge on any atom is -0.354 e. The van der Waals surface area contributed by atoms with Crippen LogP contribution < -0.4 is 4.90 Å². The van der Waals surface area contributed by atoms with E-state index in [0.717, 1.165) is 19.3 Å². The van der Waals surface area contributed by atoms with Crippen molar-refractivity contribution in [2.75, 3.05) is 4.90 Å². The van der Waals surface area contributed by atoms with Gasteiger partial charge in [0, 0.05) is 6.04 Å². The van der Waals surface area contributed by atoms with Crippen molar-refractivity contribution in [1.82, 2.24) is 10.1 Å². The Morgan fingerprint density at radius 1 is 1.19 bits per heavy atom. The lowest BCUT2D eigenvalue weighted by Gasteiger charge is -2.25. The first-order valence-corrected chi connectivity index (χ1v) is 7.26. The third-order valence-corrected chi connectivity index (χ3v) is 5.04. The number of amides is 3. The highest BCUT2D eigenvalue weighted by Gasteiger charge is 2.59. The van der Waals surface area contributed by atoms with Crippen LogP contribution in [0.2, 0.25) is 0 Å². The Morgan fingerprint density at radius 2 is 2.05 bits per heavy atom. The fourth-order valence-corrected chi connectivity index (χ4v) is 4.15. The van der Waals surface area contributed by atoms with E-state index in [0.29, 0.717) is 22.7 Å². The highest BCUT2D eigenvalue weighted by Crippen LogP contribution is 2.47. The summed E-state index contributed by atoms with van der Waals surface area (Å²) in [6.45, 7) is 0. The van der Waals surface area contributed by atoms with E-state index < -0.39 is 0 Å². The van der Waals surface area contributed by atoms with Crippen LogP contribution >= 0.6 is 0 Å². The molecule has 3 atom stereocenters. The van der Waals surface area contributed by atoms with Gasteiger partial charge < -0.3 is 9.42 Å². The van der Waals surface area contributed by atoms with Crippen molar-refractivity contribution in [2.45, 2.75) is 31.3 Å². The van der Waals surface area contributed by atoms with Gasteiger partial charge in [0.2, 0.25) is 0 Å². The van der Waals surface area contributed by atoms with Crippen LogP contribution in [0.15, 0.2) is 28.8 Å². The second-order valence-corrected chi connectivity index (χ2v) is 6.04. The van der Waals surface area contributed by atoms with Gasteiger partial charge in [0.1, 0.15) is 6.04 Å². The summed E-state index contributed by atoms with van der Waals surface area (Å²) >= 11 is 0. The lowest BCUT2D eigenvalue weighted by Crippen LogP contribution is -2.40. The van der Waals surface area contributed by atoms with Crippen molar-refractivity contribution < 1.29 is 14.1 Å². The van der Waals surface area contributed by atoms with E-state index in [-0.39, 0.29) is 24.0 Å². The van der Waals surface area contributed by atoms with Gasteiger partial charge in [-0.2, -0.15) is 0 Å². The topological polar surface area (TPSA) is 66.7 Å². The van der Waals surface area contributed by atoms with Crippen LogP contribution in [-0.4, -0.2) is 34.1 Å². The Hall–Kier alpha value is -2.37. The van der Waals surface area contributed by atoms with Crippen LogP contribution in [0, 0.1) is 5.92 Å². The Balaban J connectivity index is 1.64. The molecule has 6 nitrogen and oxygen atoms in total. The van der Waals surface area contributed by atoms with E-state index in [2.05, 4.69) is 5.16 Å². The zero-order chi connectivity index (χ0) is 14.1. The van der Waals surface area contributed by atoms with Gasteiger partial charge in [-0.3, -0.25) is 4.79 Å². The van der Waals surface area contributed by atoms with E-state index in [4.69, 9.17) is 4.52 Å². The first-order chi connectivity index (χ1) is 10.3. The molecule has 2 bridgehead atoms. The number of hydrogen-bond donors (Lipinski definition) is 0. The van der Waals surface area contributed by atoms with E-state index in [1.807, 2.05) is 18.2 Å². The highest BCUT2D eigenvalue weighted by molar-refractivity contribution is 6.23. The van der Waals surface area contributed by atoms with Gasteiger partial charge in [0.05, 0.1) is 5.39 Å². The maximum Gasteiger partial charge on any atom is 0.333 e. The number of para-hydroxylation sites is 1. The molecule has 3 amide bonds. The normalized spacial score (nSPS) is 30.8. The van der Waals surface area contributed by atoms with Gasteiger partial charge >= 0.3 is 6.03 Å². The Bertz CT molecular complexity index is 755. The van der Waals surface area contributed by atoms with Crippen molar-refractivity contribution in [1.29, 1.82) is 0 Å².